The smallest absolute Gasteiger partial charge is 0.0622 e. The number of rotatable bonds is 3. The summed E-state index contributed by atoms with van der Waals surface area (Å²) >= 11 is 6.08. The predicted molar refractivity (Wildman–Crippen MR) is 92.4 cm³/mol. The number of nitrogens with one attached hydrogen (secondary N) is 1. The van der Waals surface area contributed by atoms with Crippen LogP contribution < -0.4 is 0 Å². The summed E-state index contributed by atoms with van der Waals surface area (Å²) in [5, 5.41) is 2.11. The minimum atomic E-state index is 0.302. The standard InChI is InChI=1S/C19H19ClN2/c20-15-9-7-14(8-10-15)19(22-11-3-4-12-22)17-13-21-18-6-2-1-5-16(17)18/h1-2,5-10,13,19,21H,3-4,11-12H2. The van der Waals surface area contributed by atoms with Crippen LogP contribution in [0.4, 0.5) is 0 Å². The monoisotopic (exact) mass is 310 g/mol. The van der Waals surface area contributed by atoms with Crippen LogP contribution in [0, 0.1) is 0 Å². The van der Waals surface area contributed by atoms with E-state index in [0.717, 1.165) is 18.1 Å². The number of aromatic nitrogens is 1. The van der Waals surface area contributed by atoms with Gasteiger partial charge in [-0.05, 0) is 55.3 Å². The molecule has 3 aromatic rings. The molecule has 2 heterocycles. The Balaban J connectivity index is 1.84. The number of H-pyrrole nitrogens is 1. The summed E-state index contributed by atoms with van der Waals surface area (Å²) < 4.78 is 0. The molecule has 0 spiro atoms. The van der Waals surface area contributed by atoms with Crippen LogP contribution in [0.2, 0.25) is 5.02 Å². The summed E-state index contributed by atoms with van der Waals surface area (Å²) in [5.74, 6) is 0. The Bertz CT molecular complexity index is 769. The second-order valence-corrected chi connectivity index (χ2v) is 6.42. The topological polar surface area (TPSA) is 19.0 Å². The molecule has 1 aliphatic heterocycles. The largest absolute Gasteiger partial charge is 0.361 e. The van der Waals surface area contributed by atoms with Crippen molar-refractivity contribution in [1.29, 1.82) is 0 Å². The van der Waals surface area contributed by atoms with Gasteiger partial charge < -0.3 is 4.98 Å². The van der Waals surface area contributed by atoms with Crippen LogP contribution in [0.5, 0.6) is 0 Å². The Morgan fingerprint density at radius 3 is 2.45 bits per heavy atom. The fraction of sp³-hybridized carbons (Fsp3) is 0.263. The molecule has 1 unspecified atom stereocenters. The van der Waals surface area contributed by atoms with Gasteiger partial charge in [-0.3, -0.25) is 4.90 Å². The summed E-state index contributed by atoms with van der Waals surface area (Å²) in [4.78, 5) is 6.00. The van der Waals surface area contributed by atoms with Crippen molar-refractivity contribution in [1.82, 2.24) is 9.88 Å². The van der Waals surface area contributed by atoms with Crippen LogP contribution in [0.3, 0.4) is 0 Å². The molecule has 4 rings (SSSR count). The van der Waals surface area contributed by atoms with Crippen LogP contribution in [-0.4, -0.2) is 23.0 Å². The number of likely N-dealkylation sites (tertiary alicyclic amines) is 1. The summed E-state index contributed by atoms with van der Waals surface area (Å²) in [7, 11) is 0. The number of benzene rings is 2. The van der Waals surface area contributed by atoms with Gasteiger partial charge >= 0.3 is 0 Å². The van der Waals surface area contributed by atoms with E-state index >= 15 is 0 Å². The van der Waals surface area contributed by atoms with E-state index in [4.69, 9.17) is 11.6 Å². The molecular formula is C19H19ClN2. The van der Waals surface area contributed by atoms with Crippen molar-refractivity contribution < 1.29 is 0 Å². The Labute approximate surface area is 135 Å². The minimum absolute atomic E-state index is 0.302. The lowest BCUT2D eigenvalue weighted by Crippen LogP contribution is -2.26. The van der Waals surface area contributed by atoms with Crippen molar-refractivity contribution in [3.8, 4) is 0 Å². The van der Waals surface area contributed by atoms with Crippen LogP contribution >= 0.6 is 11.6 Å². The first-order valence-corrected chi connectivity index (χ1v) is 8.26. The Hall–Kier alpha value is -1.77. The van der Waals surface area contributed by atoms with Gasteiger partial charge in [0, 0.05) is 22.1 Å². The molecule has 1 aromatic heterocycles. The number of para-hydroxylation sites is 1. The van der Waals surface area contributed by atoms with E-state index in [1.54, 1.807) is 0 Å². The first-order valence-electron chi connectivity index (χ1n) is 7.88. The fourth-order valence-electron chi connectivity index (χ4n) is 3.55. The molecule has 0 aliphatic carbocycles. The summed E-state index contributed by atoms with van der Waals surface area (Å²) in [6, 6.07) is 17.2. The van der Waals surface area contributed by atoms with Gasteiger partial charge in [0.05, 0.1) is 6.04 Å². The first kappa shape index (κ1) is 13.9. The number of hydrogen-bond donors (Lipinski definition) is 1. The highest BCUT2D eigenvalue weighted by Crippen LogP contribution is 2.35. The third-order valence-electron chi connectivity index (χ3n) is 4.61. The van der Waals surface area contributed by atoms with E-state index in [9.17, 15) is 0 Å². The number of aromatic amines is 1. The Kier molecular flexibility index (Phi) is 3.65. The molecular weight excluding hydrogens is 292 g/mol. The number of fused-ring (bicyclic) bond motifs is 1. The quantitative estimate of drug-likeness (QED) is 0.720. The van der Waals surface area contributed by atoms with E-state index in [1.807, 2.05) is 12.1 Å². The third-order valence-corrected chi connectivity index (χ3v) is 4.86. The highest BCUT2D eigenvalue weighted by molar-refractivity contribution is 6.30. The van der Waals surface area contributed by atoms with Crippen LogP contribution in [0.1, 0.15) is 30.0 Å². The maximum atomic E-state index is 6.08. The van der Waals surface area contributed by atoms with Gasteiger partial charge in [0.2, 0.25) is 0 Å². The molecule has 0 saturated carbocycles. The van der Waals surface area contributed by atoms with Crippen molar-refractivity contribution in [2.75, 3.05) is 13.1 Å². The highest BCUT2D eigenvalue weighted by atomic mass is 35.5. The summed E-state index contributed by atoms with van der Waals surface area (Å²) in [5.41, 5.74) is 3.88. The molecule has 2 aromatic carbocycles. The molecule has 0 amide bonds. The van der Waals surface area contributed by atoms with Gasteiger partial charge in [-0.15, -0.1) is 0 Å². The van der Waals surface area contributed by atoms with Gasteiger partial charge in [-0.2, -0.15) is 0 Å². The lowest BCUT2D eigenvalue weighted by Gasteiger charge is -2.28. The minimum Gasteiger partial charge on any atom is -0.361 e. The highest BCUT2D eigenvalue weighted by Gasteiger charge is 2.26. The zero-order valence-electron chi connectivity index (χ0n) is 12.4. The van der Waals surface area contributed by atoms with Crippen LogP contribution in [0.15, 0.2) is 54.7 Å². The normalized spacial score (nSPS) is 17.1. The van der Waals surface area contributed by atoms with Crippen molar-refractivity contribution in [2.45, 2.75) is 18.9 Å². The second-order valence-electron chi connectivity index (χ2n) is 5.99. The SMILES string of the molecule is Clc1ccc(C(c2c[nH]c3ccccc23)N2CCCC2)cc1. The zero-order chi connectivity index (χ0) is 14.9. The van der Waals surface area contributed by atoms with Crippen molar-refractivity contribution in [2.24, 2.45) is 0 Å². The molecule has 0 radical (unpaired) electrons. The van der Waals surface area contributed by atoms with Gasteiger partial charge in [0.15, 0.2) is 0 Å². The number of hydrogen-bond acceptors (Lipinski definition) is 1. The summed E-state index contributed by atoms with van der Waals surface area (Å²) in [6.07, 6.45) is 4.74. The molecule has 22 heavy (non-hydrogen) atoms. The zero-order valence-corrected chi connectivity index (χ0v) is 13.2. The average molecular weight is 311 g/mol. The lowest BCUT2D eigenvalue weighted by molar-refractivity contribution is 0.282. The Morgan fingerprint density at radius 2 is 1.68 bits per heavy atom. The van der Waals surface area contributed by atoms with Crippen LogP contribution in [0.25, 0.3) is 10.9 Å². The van der Waals surface area contributed by atoms with E-state index in [-0.39, 0.29) is 0 Å². The molecule has 1 aliphatic rings. The number of halogens is 1. The fourth-order valence-corrected chi connectivity index (χ4v) is 3.68. The maximum absolute atomic E-state index is 6.08. The molecule has 1 atom stereocenters. The van der Waals surface area contributed by atoms with Crippen LogP contribution in [-0.2, 0) is 0 Å². The second kappa shape index (κ2) is 5.79. The lowest BCUT2D eigenvalue weighted by atomic mass is 9.97. The Morgan fingerprint density at radius 1 is 0.955 bits per heavy atom. The third kappa shape index (κ3) is 2.43. The summed E-state index contributed by atoms with van der Waals surface area (Å²) in [6.45, 7) is 2.32. The van der Waals surface area contributed by atoms with Gasteiger partial charge in [-0.1, -0.05) is 41.9 Å². The predicted octanol–water partition coefficient (Wildman–Crippen LogP) is 5.01. The van der Waals surface area contributed by atoms with Crippen molar-refractivity contribution >= 4 is 22.5 Å². The molecule has 112 valence electrons. The van der Waals surface area contributed by atoms with Gasteiger partial charge in [0.1, 0.15) is 0 Å². The van der Waals surface area contributed by atoms with Crippen molar-refractivity contribution in [3.05, 3.63) is 70.9 Å². The molecule has 1 saturated heterocycles. The maximum Gasteiger partial charge on any atom is 0.0622 e. The number of nitrogens with zero attached hydrogens (tertiary/aromatic N) is 1. The van der Waals surface area contributed by atoms with E-state index in [2.05, 4.69) is 52.5 Å². The van der Waals surface area contributed by atoms with Crippen molar-refractivity contribution in [3.63, 3.8) is 0 Å². The van der Waals surface area contributed by atoms with Gasteiger partial charge in [0.25, 0.3) is 0 Å². The average Bonchev–Trinajstić information content (AvgIpc) is 3.20. The van der Waals surface area contributed by atoms with E-state index < -0.39 is 0 Å². The van der Waals surface area contributed by atoms with E-state index in [0.29, 0.717) is 6.04 Å². The molecule has 1 N–H and O–H groups in total. The molecule has 1 fully saturated rings. The van der Waals surface area contributed by atoms with E-state index in [1.165, 1.54) is 34.9 Å². The molecule has 2 nitrogen and oxygen atoms in total. The van der Waals surface area contributed by atoms with Gasteiger partial charge in [-0.25, -0.2) is 0 Å². The molecule has 0 bridgehead atoms. The first-order chi connectivity index (χ1) is 10.8. The molecule has 3 heteroatoms.